The van der Waals surface area contributed by atoms with Gasteiger partial charge in [0.1, 0.15) is 12.4 Å². The van der Waals surface area contributed by atoms with Crippen LogP contribution in [0.4, 0.5) is 5.69 Å². The Kier molecular flexibility index (Phi) is 7.53. The van der Waals surface area contributed by atoms with Crippen LogP contribution in [0.5, 0.6) is 5.75 Å². The number of sulfonamides is 1. The minimum atomic E-state index is -3.38. The number of aromatic amines is 1. The summed E-state index contributed by atoms with van der Waals surface area (Å²) < 4.78 is 31.2. The lowest BCUT2D eigenvalue weighted by Gasteiger charge is -2.25. The van der Waals surface area contributed by atoms with Crippen molar-refractivity contribution in [3.8, 4) is 5.75 Å². The summed E-state index contributed by atoms with van der Waals surface area (Å²) in [5, 5.41) is 22.5. The van der Waals surface area contributed by atoms with E-state index >= 15 is 0 Å². The Labute approximate surface area is 183 Å². The van der Waals surface area contributed by atoms with Gasteiger partial charge in [0.05, 0.1) is 17.9 Å². The van der Waals surface area contributed by atoms with Gasteiger partial charge in [0.15, 0.2) is 0 Å². The number of rotatable bonds is 11. The number of ether oxygens (including phenoxy) is 1. The first-order valence-corrected chi connectivity index (χ1v) is 12.2. The summed E-state index contributed by atoms with van der Waals surface area (Å²) in [7, 11) is -3.38. The number of aliphatic hydroxyl groups excluding tert-OH is 1. The lowest BCUT2D eigenvalue weighted by Crippen LogP contribution is -2.37. The molecule has 2 unspecified atom stereocenters. The molecule has 0 amide bonds. The molecule has 168 valence electrons. The molecule has 2 aromatic carbocycles. The van der Waals surface area contributed by atoms with Gasteiger partial charge in [-0.25, -0.2) is 8.42 Å². The molecule has 0 aliphatic carbocycles. The van der Waals surface area contributed by atoms with E-state index in [0.29, 0.717) is 24.4 Å². The van der Waals surface area contributed by atoms with Crippen LogP contribution in [0.2, 0.25) is 0 Å². The first-order valence-electron chi connectivity index (χ1n) is 10.3. The van der Waals surface area contributed by atoms with E-state index in [9.17, 15) is 13.5 Å². The third-order valence-electron chi connectivity index (χ3n) is 5.01. The zero-order valence-corrected chi connectivity index (χ0v) is 18.9. The lowest BCUT2D eigenvalue weighted by molar-refractivity contribution is 0.120. The van der Waals surface area contributed by atoms with Gasteiger partial charge in [0.25, 0.3) is 0 Å². The third kappa shape index (κ3) is 6.43. The van der Waals surface area contributed by atoms with E-state index in [1.54, 1.807) is 24.3 Å². The summed E-state index contributed by atoms with van der Waals surface area (Å²) in [6.45, 7) is 5.03. The largest absolute Gasteiger partial charge is 0.492 e. The number of hydrogen-bond donors (Lipinski definition) is 4. The highest BCUT2D eigenvalue weighted by molar-refractivity contribution is 7.92. The van der Waals surface area contributed by atoms with Crippen LogP contribution in [0.15, 0.2) is 42.5 Å². The molecule has 4 N–H and O–H groups in total. The Bertz CT molecular complexity index is 1110. The molecule has 9 heteroatoms. The van der Waals surface area contributed by atoms with Gasteiger partial charge in [-0.15, -0.1) is 0 Å². The van der Waals surface area contributed by atoms with Crippen LogP contribution in [0.25, 0.3) is 10.9 Å². The van der Waals surface area contributed by atoms with Crippen molar-refractivity contribution in [2.45, 2.75) is 38.8 Å². The minimum absolute atomic E-state index is 0.182. The zero-order valence-electron chi connectivity index (χ0n) is 18.1. The highest BCUT2D eigenvalue weighted by Crippen LogP contribution is 2.24. The SMILES string of the molecule is CCCC(NCCOc1ccc2c(C)[nH]nc2c1)C(O)c1cccc(NS(C)(=O)=O)c1. The molecule has 0 saturated carbocycles. The Hall–Kier alpha value is -2.62. The minimum Gasteiger partial charge on any atom is -0.492 e. The summed E-state index contributed by atoms with van der Waals surface area (Å²) in [5.41, 5.74) is 2.97. The van der Waals surface area contributed by atoms with Crippen LogP contribution >= 0.6 is 0 Å². The van der Waals surface area contributed by atoms with Gasteiger partial charge in [-0.05, 0) is 43.2 Å². The number of aliphatic hydroxyl groups is 1. The maximum absolute atomic E-state index is 11.5. The van der Waals surface area contributed by atoms with Crippen molar-refractivity contribution in [1.82, 2.24) is 15.5 Å². The predicted octanol–water partition coefficient (Wildman–Crippen LogP) is 3.11. The summed E-state index contributed by atoms with van der Waals surface area (Å²) in [6.07, 6.45) is 1.99. The molecular weight excluding hydrogens is 416 g/mol. The first kappa shape index (κ1) is 23.1. The number of anilines is 1. The van der Waals surface area contributed by atoms with Crippen LogP contribution in [-0.4, -0.2) is 49.2 Å². The van der Waals surface area contributed by atoms with Gasteiger partial charge in [-0.2, -0.15) is 5.10 Å². The summed E-state index contributed by atoms with van der Waals surface area (Å²) in [4.78, 5) is 0. The number of aryl methyl sites for hydroxylation is 1. The van der Waals surface area contributed by atoms with E-state index in [2.05, 4.69) is 27.2 Å². The third-order valence-corrected chi connectivity index (χ3v) is 5.61. The van der Waals surface area contributed by atoms with Gasteiger partial charge < -0.3 is 15.2 Å². The fraction of sp³-hybridized carbons (Fsp3) is 0.409. The maximum Gasteiger partial charge on any atom is 0.229 e. The fourth-order valence-electron chi connectivity index (χ4n) is 3.54. The van der Waals surface area contributed by atoms with Gasteiger partial charge in [-0.3, -0.25) is 9.82 Å². The quantitative estimate of drug-likeness (QED) is 0.336. The van der Waals surface area contributed by atoms with Crippen LogP contribution < -0.4 is 14.8 Å². The van der Waals surface area contributed by atoms with Crippen molar-refractivity contribution in [3.63, 3.8) is 0 Å². The van der Waals surface area contributed by atoms with E-state index in [1.807, 2.05) is 25.1 Å². The number of hydrogen-bond acceptors (Lipinski definition) is 6. The van der Waals surface area contributed by atoms with Crippen molar-refractivity contribution in [3.05, 3.63) is 53.7 Å². The normalized spacial score (nSPS) is 13.8. The molecule has 2 atom stereocenters. The van der Waals surface area contributed by atoms with Gasteiger partial charge in [0, 0.05) is 35.4 Å². The molecule has 1 heterocycles. The number of nitrogens with zero attached hydrogens (tertiary/aromatic N) is 1. The molecule has 0 saturated heterocycles. The van der Waals surface area contributed by atoms with Crippen molar-refractivity contribution in [1.29, 1.82) is 0 Å². The fourth-order valence-corrected chi connectivity index (χ4v) is 4.10. The molecule has 0 bridgehead atoms. The second-order valence-electron chi connectivity index (χ2n) is 7.67. The second-order valence-corrected chi connectivity index (χ2v) is 9.42. The van der Waals surface area contributed by atoms with Crippen LogP contribution in [0, 0.1) is 6.92 Å². The van der Waals surface area contributed by atoms with E-state index in [1.165, 1.54) is 0 Å². The summed E-state index contributed by atoms with van der Waals surface area (Å²) in [5.74, 6) is 0.743. The van der Waals surface area contributed by atoms with Gasteiger partial charge in [0.2, 0.25) is 10.0 Å². The summed E-state index contributed by atoms with van der Waals surface area (Å²) >= 11 is 0. The van der Waals surface area contributed by atoms with Crippen molar-refractivity contribution < 1.29 is 18.3 Å². The average Bonchev–Trinajstić information content (AvgIpc) is 3.09. The smallest absolute Gasteiger partial charge is 0.229 e. The Balaban J connectivity index is 1.57. The van der Waals surface area contributed by atoms with Crippen molar-refractivity contribution >= 4 is 26.6 Å². The monoisotopic (exact) mass is 446 g/mol. The van der Waals surface area contributed by atoms with Crippen LogP contribution in [-0.2, 0) is 10.0 Å². The molecule has 3 rings (SSSR count). The zero-order chi connectivity index (χ0) is 22.4. The Morgan fingerprint density at radius 2 is 2.03 bits per heavy atom. The molecule has 8 nitrogen and oxygen atoms in total. The molecule has 31 heavy (non-hydrogen) atoms. The first-order chi connectivity index (χ1) is 14.8. The topological polar surface area (TPSA) is 116 Å². The highest BCUT2D eigenvalue weighted by atomic mass is 32.2. The number of aromatic nitrogens is 2. The van der Waals surface area contributed by atoms with Crippen LogP contribution in [0.1, 0.15) is 37.1 Å². The molecular formula is C22H30N4O4S. The average molecular weight is 447 g/mol. The van der Waals surface area contributed by atoms with E-state index in [-0.39, 0.29) is 6.04 Å². The molecule has 0 aliphatic heterocycles. The molecule has 1 aromatic heterocycles. The molecule has 0 spiro atoms. The number of benzene rings is 2. The molecule has 0 aliphatic rings. The highest BCUT2D eigenvalue weighted by Gasteiger charge is 2.20. The molecule has 3 aromatic rings. The summed E-state index contributed by atoms with van der Waals surface area (Å²) in [6, 6.07) is 12.5. The van der Waals surface area contributed by atoms with Gasteiger partial charge in [-0.1, -0.05) is 25.5 Å². The second kappa shape index (κ2) is 10.1. The van der Waals surface area contributed by atoms with E-state index in [4.69, 9.17) is 4.74 Å². The Morgan fingerprint density at radius 3 is 2.77 bits per heavy atom. The maximum atomic E-state index is 11.5. The molecule has 0 fully saturated rings. The van der Waals surface area contributed by atoms with E-state index < -0.39 is 16.1 Å². The number of fused-ring (bicyclic) bond motifs is 1. The Morgan fingerprint density at radius 1 is 1.23 bits per heavy atom. The van der Waals surface area contributed by atoms with E-state index in [0.717, 1.165) is 41.4 Å². The standard InChI is InChI=1S/C22H30N4O4S/c1-4-6-20(22(27)16-7-5-8-17(13-16)26-31(3,28)29)23-11-12-30-18-9-10-19-15(2)24-25-21(19)14-18/h5,7-10,13-14,20,22-23,26-27H,4,6,11-12H2,1-3H3,(H,24,25). The van der Waals surface area contributed by atoms with Crippen molar-refractivity contribution in [2.75, 3.05) is 24.1 Å². The molecule has 0 radical (unpaired) electrons. The predicted molar refractivity (Wildman–Crippen MR) is 123 cm³/mol. The van der Waals surface area contributed by atoms with Crippen molar-refractivity contribution in [2.24, 2.45) is 0 Å². The number of nitrogens with one attached hydrogen (secondary N) is 3. The van der Waals surface area contributed by atoms with Crippen LogP contribution in [0.3, 0.4) is 0 Å². The van der Waals surface area contributed by atoms with Gasteiger partial charge >= 0.3 is 0 Å². The lowest BCUT2D eigenvalue weighted by atomic mass is 9.98. The number of H-pyrrole nitrogens is 1.